The topological polar surface area (TPSA) is 61.5 Å². The van der Waals surface area contributed by atoms with Crippen LogP contribution in [0.3, 0.4) is 0 Å². The fraction of sp³-hybridized carbons (Fsp3) is 0.500. The van der Waals surface area contributed by atoms with Gasteiger partial charge in [-0.25, -0.2) is 4.79 Å². The number of esters is 1. The van der Waals surface area contributed by atoms with Crippen LogP contribution in [0, 0.1) is 0 Å². The van der Waals surface area contributed by atoms with Gasteiger partial charge in [0.1, 0.15) is 17.4 Å². The second-order valence-corrected chi connectivity index (χ2v) is 4.65. The van der Waals surface area contributed by atoms with E-state index in [1.54, 1.807) is 18.2 Å². The zero-order chi connectivity index (χ0) is 13.0. The van der Waals surface area contributed by atoms with Crippen molar-refractivity contribution in [2.45, 2.75) is 37.8 Å². The summed E-state index contributed by atoms with van der Waals surface area (Å²) in [6.45, 7) is 0. The molecule has 1 fully saturated rings. The predicted octanol–water partition coefficient (Wildman–Crippen LogP) is 2.12. The number of carbonyl (C=O) groups is 1. The Morgan fingerprint density at radius 3 is 2.83 bits per heavy atom. The van der Waals surface area contributed by atoms with Crippen LogP contribution in [0.1, 0.15) is 36.0 Å². The second-order valence-electron chi connectivity index (χ2n) is 4.65. The van der Waals surface area contributed by atoms with Gasteiger partial charge in [-0.1, -0.05) is 12.1 Å². The summed E-state index contributed by atoms with van der Waals surface area (Å²) in [6, 6.07) is 7.36. The highest BCUT2D eigenvalue weighted by atomic mass is 16.5. The fourth-order valence-electron chi connectivity index (χ4n) is 2.32. The molecule has 1 aromatic carbocycles. The molecular weight excluding hydrogens is 230 g/mol. The summed E-state index contributed by atoms with van der Waals surface area (Å²) in [5.74, 6) is 0.217. The van der Waals surface area contributed by atoms with Gasteiger partial charge in [0.25, 0.3) is 0 Å². The van der Waals surface area contributed by atoms with Crippen molar-refractivity contribution in [3.63, 3.8) is 0 Å². The minimum absolute atomic E-state index is 0.0968. The first-order valence-electron chi connectivity index (χ1n) is 6.30. The van der Waals surface area contributed by atoms with Crippen molar-refractivity contribution in [1.82, 2.24) is 0 Å². The molecule has 18 heavy (non-hydrogen) atoms. The maximum absolute atomic E-state index is 11.6. The minimum Gasteiger partial charge on any atom is -0.489 e. The third-order valence-corrected chi connectivity index (χ3v) is 3.25. The van der Waals surface area contributed by atoms with Crippen LogP contribution in [0.4, 0.5) is 0 Å². The Morgan fingerprint density at radius 1 is 1.33 bits per heavy atom. The van der Waals surface area contributed by atoms with Crippen LogP contribution in [-0.2, 0) is 4.74 Å². The summed E-state index contributed by atoms with van der Waals surface area (Å²) >= 11 is 0. The van der Waals surface area contributed by atoms with Crippen LogP contribution in [0.5, 0.6) is 5.75 Å². The third kappa shape index (κ3) is 3.01. The van der Waals surface area contributed by atoms with Crippen molar-refractivity contribution < 1.29 is 14.3 Å². The van der Waals surface area contributed by atoms with Crippen LogP contribution in [-0.4, -0.2) is 25.2 Å². The van der Waals surface area contributed by atoms with E-state index in [1.807, 2.05) is 6.07 Å². The van der Waals surface area contributed by atoms with Gasteiger partial charge in [0.05, 0.1) is 7.11 Å². The maximum Gasteiger partial charge on any atom is 0.341 e. The van der Waals surface area contributed by atoms with Gasteiger partial charge in [-0.15, -0.1) is 0 Å². The van der Waals surface area contributed by atoms with Gasteiger partial charge < -0.3 is 15.2 Å². The molecule has 0 radical (unpaired) electrons. The Morgan fingerprint density at radius 2 is 2.11 bits per heavy atom. The van der Waals surface area contributed by atoms with E-state index in [0.717, 1.165) is 25.7 Å². The summed E-state index contributed by atoms with van der Waals surface area (Å²) in [7, 11) is 1.37. The summed E-state index contributed by atoms with van der Waals surface area (Å²) in [5.41, 5.74) is 6.40. The number of ether oxygens (including phenoxy) is 2. The van der Waals surface area contributed by atoms with Crippen molar-refractivity contribution in [3.8, 4) is 5.75 Å². The Kier molecular flexibility index (Phi) is 4.20. The molecule has 4 heteroatoms. The van der Waals surface area contributed by atoms with Crippen LogP contribution in [0.25, 0.3) is 0 Å². The molecule has 4 nitrogen and oxygen atoms in total. The van der Waals surface area contributed by atoms with Crippen LogP contribution < -0.4 is 10.5 Å². The quantitative estimate of drug-likeness (QED) is 0.833. The van der Waals surface area contributed by atoms with Gasteiger partial charge >= 0.3 is 5.97 Å². The highest BCUT2D eigenvalue weighted by Gasteiger charge is 2.22. The number of para-hydroxylation sites is 1. The highest BCUT2D eigenvalue weighted by Crippen LogP contribution is 2.26. The van der Waals surface area contributed by atoms with Gasteiger partial charge in [-0.3, -0.25) is 0 Å². The van der Waals surface area contributed by atoms with E-state index in [1.165, 1.54) is 7.11 Å². The first-order valence-corrected chi connectivity index (χ1v) is 6.30. The monoisotopic (exact) mass is 249 g/mol. The van der Waals surface area contributed by atoms with Crippen molar-refractivity contribution in [2.75, 3.05) is 7.11 Å². The Balaban J connectivity index is 2.10. The predicted molar refractivity (Wildman–Crippen MR) is 68.6 cm³/mol. The zero-order valence-corrected chi connectivity index (χ0v) is 10.6. The largest absolute Gasteiger partial charge is 0.489 e. The van der Waals surface area contributed by atoms with Crippen LogP contribution in [0.2, 0.25) is 0 Å². The first kappa shape index (κ1) is 12.9. The van der Waals surface area contributed by atoms with Crippen molar-refractivity contribution in [3.05, 3.63) is 29.8 Å². The Bertz CT molecular complexity index is 419. The molecule has 1 saturated carbocycles. The lowest BCUT2D eigenvalue weighted by Crippen LogP contribution is -2.34. The maximum atomic E-state index is 11.6. The van der Waals surface area contributed by atoms with Gasteiger partial charge in [-0.05, 0) is 37.8 Å². The number of nitrogens with two attached hydrogens (primary N) is 1. The van der Waals surface area contributed by atoms with E-state index in [-0.39, 0.29) is 18.1 Å². The molecule has 0 spiro atoms. The number of rotatable bonds is 3. The van der Waals surface area contributed by atoms with Gasteiger partial charge in [-0.2, -0.15) is 0 Å². The molecular formula is C14H19NO3. The van der Waals surface area contributed by atoms with Gasteiger partial charge in [0.15, 0.2) is 0 Å². The van der Waals surface area contributed by atoms with Crippen LogP contribution >= 0.6 is 0 Å². The van der Waals surface area contributed by atoms with Gasteiger partial charge in [0, 0.05) is 6.04 Å². The fourth-order valence-corrected chi connectivity index (χ4v) is 2.32. The van der Waals surface area contributed by atoms with E-state index in [2.05, 4.69) is 0 Å². The lowest BCUT2D eigenvalue weighted by atomic mass is 9.93. The molecule has 1 aliphatic rings. The smallest absolute Gasteiger partial charge is 0.341 e. The Labute approximate surface area is 107 Å². The molecule has 2 atom stereocenters. The molecule has 1 aromatic rings. The third-order valence-electron chi connectivity index (χ3n) is 3.25. The molecule has 0 amide bonds. The van der Waals surface area contributed by atoms with E-state index < -0.39 is 0 Å². The average Bonchev–Trinajstić information content (AvgIpc) is 2.38. The molecule has 0 bridgehead atoms. The summed E-state index contributed by atoms with van der Waals surface area (Å²) in [6.07, 6.45) is 4.06. The van der Waals surface area contributed by atoms with Crippen molar-refractivity contribution in [2.24, 2.45) is 5.73 Å². The number of hydrogen-bond donors (Lipinski definition) is 1. The van der Waals surface area contributed by atoms with E-state index in [9.17, 15) is 4.79 Å². The first-order chi connectivity index (χ1) is 8.70. The highest BCUT2D eigenvalue weighted by molar-refractivity contribution is 5.92. The zero-order valence-electron chi connectivity index (χ0n) is 10.6. The molecule has 0 saturated heterocycles. The molecule has 2 unspecified atom stereocenters. The van der Waals surface area contributed by atoms with E-state index in [4.69, 9.17) is 15.2 Å². The molecule has 0 aromatic heterocycles. The normalized spacial score (nSPS) is 23.4. The molecule has 0 aliphatic heterocycles. The van der Waals surface area contributed by atoms with Crippen LogP contribution in [0.15, 0.2) is 24.3 Å². The second kappa shape index (κ2) is 5.87. The van der Waals surface area contributed by atoms with Crippen molar-refractivity contribution >= 4 is 5.97 Å². The Hall–Kier alpha value is -1.55. The van der Waals surface area contributed by atoms with E-state index in [0.29, 0.717) is 11.3 Å². The SMILES string of the molecule is COC(=O)c1ccccc1OC1CCCC(N)C1. The number of carbonyl (C=O) groups excluding carboxylic acids is 1. The standard InChI is InChI=1S/C14H19NO3/c1-17-14(16)12-7-2-3-8-13(12)18-11-6-4-5-10(15)9-11/h2-3,7-8,10-11H,4-6,9,15H2,1H3. The number of benzene rings is 1. The minimum atomic E-state index is -0.370. The molecule has 0 heterocycles. The summed E-state index contributed by atoms with van der Waals surface area (Å²) in [5, 5.41) is 0. The molecule has 1 aliphatic carbocycles. The number of hydrogen-bond acceptors (Lipinski definition) is 4. The number of methoxy groups -OCH3 is 1. The molecule has 2 N–H and O–H groups in total. The van der Waals surface area contributed by atoms with Crippen molar-refractivity contribution in [1.29, 1.82) is 0 Å². The average molecular weight is 249 g/mol. The molecule has 2 rings (SSSR count). The van der Waals surface area contributed by atoms with Gasteiger partial charge in [0.2, 0.25) is 0 Å². The molecule has 98 valence electrons. The lowest BCUT2D eigenvalue weighted by molar-refractivity contribution is 0.0590. The van der Waals surface area contributed by atoms with E-state index >= 15 is 0 Å². The summed E-state index contributed by atoms with van der Waals surface area (Å²) in [4.78, 5) is 11.6. The lowest BCUT2D eigenvalue weighted by Gasteiger charge is -2.27. The summed E-state index contributed by atoms with van der Waals surface area (Å²) < 4.78 is 10.6.